The van der Waals surface area contributed by atoms with Gasteiger partial charge in [-0.1, -0.05) is 56.3 Å². The summed E-state index contributed by atoms with van der Waals surface area (Å²) in [6.07, 6.45) is 0. The fourth-order valence-electron chi connectivity index (χ4n) is 3.01. The molecular formula is C22H29BO3. The van der Waals surface area contributed by atoms with Gasteiger partial charge in [-0.3, -0.25) is 0 Å². The molecule has 0 amide bonds. The second-order valence-corrected chi connectivity index (χ2v) is 8.31. The van der Waals surface area contributed by atoms with Gasteiger partial charge in [-0.05, 0) is 56.3 Å². The van der Waals surface area contributed by atoms with Crippen LogP contribution in [0.1, 0.15) is 58.6 Å². The number of rotatable bonds is 5. The van der Waals surface area contributed by atoms with Crippen LogP contribution in [0.25, 0.3) is 0 Å². The first kappa shape index (κ1) is 19.0. The molecule has 1 saturated heterocycles. The van der Waals surface area contributed by atoms with Crippen LogP contribution in [-0.2, 0) is 15.9 Å². The lowest BCUT2D eigenvalue weighted by molar-refractivity contribution is 0.00578. The van der Waals surface area contributed by atoms with Gasteiger partial charge in [0.15, 0.2) is 0 Å². The predicted molar refractivity (Wildman–Crippen MR) is 107 cm³/mol. The summed E-state index contributed by atoms with van der Waals surface area (Å²) in [5.41, 5.74) is 2.71. The van der Waals surface area contributed by atoms with Crippen LogP contribution in [0.4, 0.5) is 0 Å². The van der Waals surface area contributed by atoms with E-state index in [1.165, 1.54) is 5.56 Å². The standard InChI is InChI=1S/C22H29BO3/c1-16(2)19-14-18(23-25-21(3,4)22(5,6)26-23)12-13-20(19)24-15-17-10-8-7-9-11-17/h7-14,16H,15H2,1-6H3. The van der Waals surface area contributed by atoms with E-state index in [9.17, 15) is 0 Å². The van der Waals surface area contributed by atoms with Crippen molar-refractivity contribution in [2.24, 2.45) is 0 Å². The number of benzene rings is 2. The summed E-state index contributed by atoms with van der Waals surface area (Å²) in [6.45, 7) is 13.2. The molecule has 4 heteroatoms. The molecule has 0 aromatic heterocycles. The van der Waals surface area contributed by atoms with E-state index in [-0.39, 0.29) is 18.3 Å². The van der Waals surface area contributed by atoms with Gasteiger partial charge < -0.3 is 14.0 Å². The molecule has 3 rings (SSSR count). The molecule has 0 N–H and O–H groups in total. The Balaban J connectivity index is 1.81. The van der Waals surface area contributed by atoms with Gasteiger partial charge in [0, 0.05) is 0 Å². The lowest BCUT2D eigenvalue weighted by Crippen LogP contribution is -2.41. The molecule has 0 aliphatic carbocycles. The molecule has 0 spiro atoms. The molecule has 0 bridgehead atoms. The maximum atomic E-state index is 6.19. The monoisotopic (exact) mass is 352 g/mol. The summed E-state index contributed by atoms with van der Waals surface area (Å²) in [7, 11) is -0.347. The van der Waals surface area contributed by atoms with Crippen molar-refractivity contribution in [3.05, 3.63) is 59.7 Å². The molecule has 2 aromatic carbocycles. The SMILES string of the molecule is CC(C)c1cc(B2OC(C)(C)C(C)(C)O2)ccc1OCc1ccccc1. The van der Waals surface area contributed by atoms with Crippen LogP contribution in [0, 0.1) is 0 Å². The zero-order valence-electron chi connectivity index (χ0n) is 16.7. The van der Waals surface area contributed by atoms with Crippen molar-refractivity contribution in [2.45, 2.75) is 65.3 Å². The Morgan fingerprint density at radius 2 is 1.54 bits per heavy atom. The zero-order valence-corrected chi connectivity index (χ0v) is 16.7. The number of hydrogen-bond donors (Lipinski definition) is 0. The van der Waals surface area contributed by atoms with Gasteiger partial charge in [-0.2, -0.15) is 0 Å². The summed E-state index contributed by atoms with van der Waals surface area (Å²) in [6, 6.07) is 16.5. The van der Waals surface area contributed by atoms with E-state index < -0.39 is 0 Å². The van der Waals surface area contributed by atoms with E-state index in [4.69, 9.17) is 14.0 Å². The van der Waals surface area contributed by atoms with Gasteiger partial charge in [0.05, 0.1) is 11.2 Å². The third-order valence-electron chi connectivity index (χ3n) is 5.42. The molecule has 0 saturated carbocycles. The summed E-state index contributed by atoms with van der Waals surface area (Å²) < 4.78 is 18.5. The summed E-state index contributed by atoms with van der Waals surface area (Å²) in [5, 5.41) is 0. The van der Waals surface area contributed by atoms with E-state index in [1.807, 2.05) is 30.3 Å². The van der Waals surface area contributed by atoms with Crippen molar-refractivity contribution in [3.63, 3.8) is 0 Å². The van der Waals surface area contributed by atoms with Gasteiger partial charge in [-0.25, -0.2) is 0 Å². The number of ether oxygens (including phenoxy) is 1. The smallest absolute Gasteiger partial charge is 0.489 e. The fourth-order valence-corrected chi connectivity index (χ4v) is 3.01. The first-order valence-electron chi connectivity index (χ1n) is 9.36. The molecule has 138 valence electrons. The van der Waals surface area contributed by atoms with E-state index in [2.05, 4.69) is 59.7 Å². The normalized spacial score (nSPS) is 18.3. The van der Waals surface area contributed by atoms with Gasteiger partial charge in [0.25, 0.3) is 0 Å². The minimum Gasteiger partial charge on any atom is -0.489 e. The quantitative estimate of drug-likeness (QED) is 0.731. The summed E-state index contributed by atoms with van der Waals surface area (Å²) >= 11 is 0. The minimum absolute atomic E-state index is 0.335. The summed E-state index contributed by atoms with van der Waals surface area (Å²) in [4.78, 5) is 0. The Kier molecular flexibility index (Phi) is 5.18. The molecule has 0 radical (unpaired) electrons. The van der Waals surface area contributed by atoms with E-state index in [1.54, 1.807) is 0 Å². The topological polar surface area (TPSA) is 27.7 Å². The zero-order chi connectivity index (χ0) is 18.9. The largest absolute Gasteiger partial charge is 0.494 e. The molecule has 1 aliphatic rings. The molecule has 1 aliphatic heterocycles. The van der Waals surface area contributed by atoms with Crippen molar-refractivity contribution in [1.29, 1.82) is 0 Å². The molecule has 1 fully saturated rings. The first-order chi connectivity index (χ1) is 12.2. The first-order valence-corrected chi connectivity index (χ1v) is 9.36. The highest BCUT2D eigenvalue weighted by Crippen LogP contribution is 2.37. The van der Waals surface area contributed by atoms with Crippen LogP contribution < -0.4 is 10.2 Å². The molecule has 1 heterocycles. The van der Waals surface area contributed by atoms with Crippen LogP contribution in [0.5, 0.6) is 5.75 Å². The Bertz CT molecular complexity index is 737. The second kappa shape index (κ2) is 7.09. The minimum atomic E-state index is -0.347. The van der Waals surface area contributed by atoms with Crippen LogP contribution >= 0.6 is 0 Å². The van der Waals surface area contributed by atoms with Crippen LogP contribution in [0.15, 0.2) is 48.5 Å². The van der Waals surface area contributed by atoms with E-state index in [0.717, 1.165) is 16.8 Å². The molecule has 3 nitrogen and oxygen atoms in total. The molecular weight excluding hydrogens is 323 g/mol. The lowest BCUT2D eigenvalue weighted by atomic mass is 9.77. The molecule has 2 aromatic rings. The average molecular weight is 352 g/mol. The van der Waals surface area contributed by atoms with Gasteiger partial charge in [-0.15, -0.1) is 0 Å². The van der Waals surface area contributed by atoms with Crippen molar-refractivity contribution in [3.8, 4) is 5.75 Å². The third kappa shape index (κ3) is 3.82. The fraction of sp³-hybridized carbons (Fsp3) is 0.455. The Morgan fingerprint density at radius 3 is 2.12 bits per heavy atom. The van der Waals surface area contributed by atoms with Crippen molar-refractivity contribution >= 4 is 12.6 Å². The second-order valence-electron chi connectivity index (χ2n) is 8.31. The van der Waals surface area contributed by atoms with Crippen molar-refractivity contribution in [2.75, 3.05) is 0 Å². The lowest BCUT2D eigenvalue weighted by Gasteiger charge is -2.32. The van der Waals surface area contributed by atoms with Crippen LogP contribution in [0.3, 0.4) is 0 Å². The van der Waals surface area contributed by atoms with Gasteiger partial charge in [0.2, 0.25) is 0 Å². The molecule has 0 unspecified atom stereocenters. The number of hydrogen-bond acceptors (Lipinski definition) is 3. The van der Waals surface area contributed by atoms with E-state index in [0.29, 0.717) is 12.5 Å². The third-order valence-corrected chi connectivity index (χ3v) is 5.42. The van der Waals surface area contributed by atoms with Crippen molar-refractivity contribution < 1.29 is 14.0 Å². The predicted octanol–water partition coefficient (Wildman–Crippen LogP) is 4.69. The Labute approximate surface area is 157 Å². The Morgan fingerprint density at radius 1 is 0.923 bits per heavy atom. The highest BCUT2D eigenvalue weighted by molar-refractivity contribution is 6.62. The van der Waals surface area contributed by atoms with Gasteiger partial charge in [0.1, 0.15) is 12.4 Å². The average Bonchev–Trinajstić information content (AvgIpc) is 2.81. The maximum Gasteiger partial charge on any atom is 0.494 e. The van der Waals surface area contributed by atoms with E-state index >= 15 is 0 Å². The molecule has 26 heavy (non-hydrogen) atoms. The summed E-state index contributed by atoms with van der Waals surface area (Å²) in [5.74, 6) is 1.27. The van der Waals surface area contributed by atoms with Gasteiger partial charge >= 0.3 is 7.12 Å². The molecule has 0 atom stereocenters. The van der Waals surface area contributed by atoms with Crippen LogP contribution in [0.2, 0.25) is 0 Å². The van der Waals surface area contributed by atoms with Crippen LogP contribution in [-0.4, -0.2) is 18.3 Å². The maximum absolute atomic E-state index is 6.19. The van der Waals surface area contributed by atoms with Crippen molar-refractivity contribution in [1.82, 2.24) is 0 Å². The Hall–Kier alpha value is -1.78. The highest BCUT2D eigenvalue weighted by atomic mass is 16.7. The highest BCUT2D eigenvalue weighted by Gasteiger charge is 2.51.